The Kier molecular flexibility index (Phi) is 3.52. The largest absolute Gasteiger partial charge is 0.472 e. The highest BCUT2D eigenvalue weighted by Crippen LogP contribution is 2.35. The van der Waals surface area contributed by atoms with Crippen molar-refractivity contribution >= 4 is 11.0 Å². The van der Waals surface area contributed by atoms with Gasteiger partial charge in [-0.3, -0.25) is 4.90 Å². The zero-order valence-electron chi connectivity index (χ0n) is 14.4. The highest BCUT2D eigenvalue weighted by Gasteiger charge is 2.41. The average molecular weight is 334 g/mol. The van der Waals surface area contributed by atoms with Crippen molar-refractivity contribution in [3.05, 3.63) is 48.9 Å². The third kappa shape index (κ3) is 2.61. The standard InChI is InChI=1S/C21H22N2O2/c1-14-21(16-6-9-23(14)10-7-16)25-20-5-4-18(13-22-20)17-3-2-15-8-11-24-19(15)12-17/h2-5,8,11-14,16,21H,6-7,9-10H2,1H3/t14-,21-/m0/s1. The molecular weight excluding hydrogens is 312 g/mol. The summed E-state index contributed by atoms with van der Waals surface area (Å²) < 4.78 is 11.8. The smallest absolute Gasteiger partial charge is 0.213 e. The van der Waals surface area contributed by atoms with E-state index in [1.54, 1.807) is 6.26 Å². The summed E-state index contributed by atoms with van der Waals surface area (Å²) in [6.07, 6.45) is 6.37. The van der Waals surface area contributed by atoms with E-state index in [0.29, 0.717) is 12.0 Å². The Morgan fingerprint density at radius 2 is 1.92 bits per heavy atom. The Bertz CT molecular complexity index is 876. The quantitative estimate of drug-likeness (QED) is 0.713. The molecule has 3 aliphatic rings. The number of aromatic nitrogens is 1. The second-order valence-corrected chi connectivity index (χ2v) is 7.25. The molecule has 5 heterocycles. The molecule has 2 atom stereocenters. The molecule has 0 saturated carbocycles. The van der Waals surface area contributed by atoms with Gasteiger partial charge in [0.25, 0.3) is 0 Å². The van der Waals surface area contributed by atoms with E-state index in [9.17, 15) is 0 Å². The summed E-state index contributed by atoms with van der Waals surface area (Å²) >= 11 is 0. The van der Waals surface area contributed by atoms with Crippen molar-refractivity contribution < 1.29 is 9.15 Å². The number of benzene rings is 1. The van der Waals surface area contributed by atoms with E-state index in [-0.39, 0.29) is 6.10 Å². The summed E-state index contributed by atoms with van der Waals surface area (Å²) in [5, 5.41) is 1.12. The predicted octanol–water partition coefficient (Wildman–Crippen LogP) is 4.36. The van der Waals surface area contributed by atoms with Gasteiger partial charge in [-0.15, -0.1) is 0 Å². The highest BCUT2D eigenvalue weighted by molar-refractivity contribution is 5.82. The van der Waals surface area contributed by atoms with Crippen molar-refractivity contribution in [1.29, 1.82) is 0 Å². The first-order valence-corrected chi connectivity index (χ1v) is 9.12. The van der Waals surface area contributed by atoms with Crippen molar-refractivity contribution in [3.8, 4) is 17.0 Å². The van der Waals surface area contributed by atoms with Gasteiger partial charge in [0.15, 0.2) is 0 Å². The van der Waals surface area contributed by atoms with Gasteiger partial charge in [-0.1, -0.05) is 12.1 Å². The zero-order valence-corrected chi connectivity index (χ0v) is 14.4. The van der Waals surface area contributed by atoms with E-state index in [1.165, 1.54) is 25.9 Å². The molecule has 0 radical (unpaired) electrons. The van der Waals surface area contributed by atoms with E-state index in [4.69, 9.17) is 9.15 Å². The first-order chi connectivity index (χ1) is 12.3. The SMILES string of the molecule is C[C@H]1[C@H](Oc2ccc(-c3ccc4ccoc4c3)cn2)C2CCN1CC2. The molecule has 3 saturated heterocycles. The van der Waals surface area contributed by atoms with Crippen LogP contribution in [0.1, 0.15) is 19.8 Å². The van der Waals surface area contributed by atoms with Gasteiger partial charge in [-0.2, -0.15) is 0 Å². The zero-order chi connectivity index (χ0) is 16.8. The molecule has 6 rings (SSSR count). The highest BCUT2D eigenvalue weighted by atomic mass is 16.5. The summed E-state index contributed by atoms with van der Waals surface area (Å²) in [6.45, 7) is 4.71. The summed E-state index contributed by atoms with van der Waals surface area (Å²) in [5.74, 6) is 1.40. The van der Waals surface area contributed by atoms with Crippen LogP contribution in [0.4, 0.5) is 0 Å². The average Bonchev–Trinajstić information content (AvgIpc) is 3.13. The van der Waals surface area contributed by atoms with Gasteiger partial charge in [0, 0.05) is 29.3 Å². The number of hydrogen-bond acceptors (Lipinski definition) is 4. The molecular formula is C21H22N2O2. The van der Waals surface area contributed by atoms with E-state index in [2.05, 4.69) is 41.1 Å². The molecule has 0 unspecified atom stereocenters. The molecule has 3 aliphatic heterocycles. The van der Waals surface area contributed by atoms with Crippen LogP contribution < -0.4 is 4.74 Å². The predicted molar refractivity (Wildman–Crippen MR) is 97.6 cm³/mol. The molecule has 25 heavy (non-hydrogen) atoms. The fourth-order valence-electron chi connectivity index (χ4n) is 4.35. The molecule has 0 spiro atoms. The van der Waals surface area contributed by atoms with Gasteiger partial charge in [0.05, 0.1) is 6.26 Å². The van der Waals surface area contributed by atoms with Crippen LogP contribution in [-0.4, -0.2) is 35.1 Å². The van der Waals surface area contributed by atoms with Gasteiger partial charge in [0.1, 0.15) is 11.7 Å². The Labute approximate surface area is 147 Å². The number of fused-ring (bicyclic) bond motifs is 4. The number of nitrogens with zero attached hydrogens (tertiary/aromatic N) is 2. The van der Waals surface area contributed by atoms with Crippen LogP contribution in [0.2, 0.25) is 0 Å². The molecule has 128 valence electrons. The molecule has 3 fully saturated rings. The van der Waals surface area contributed by atoms with Gasteiger partial charge < -0.3 is 9.15 Å². The number of ether oxygens (including phenoxy) is 1. The first kappa shape index (κ1) is 15.0. The third-order valence-electron chi connectivity index (χ3n) is 5.87. The monoisotopic (exact) mass is 334 g/mol. The maximum absolute atomic E-state index is 6.28. The second-order valence-electron chi connectivity index (χ2n) is 7.25. The van der Waals surface area contributed by atoms with Crippen LogP contribution in [0, 0.1) is 5.92 Å². The van der Waals surface area contributed by atoms with E-state index >= 15 is 0 Å². The minimum absolute atomic E-state index is 0.264. The Morgan fingerprint density at radius 3 is 2.68 bits per heavy atom. The third-order valence-corrected chi connectivity index (χ3v) is 5.87. The summed E-state index contributed by atoms with van der Waals surface area (Å²) in [4.78, 5) is 7.10. The molecule has 0 N–H and O–H groups in total. The van der Waals surface area contributed by atoms with Crippen molar-refractivity contribution in [2.75, 3.05) is 13.1 Å². The van der Waals surface area contributed by atoms with Crippen LogP contribution in [0.25, 0.3) is 22.1 Å². The van der Waals surface area contributed by atoms with Crippen LogP contribution in [0.15, 0.2) is 53.3 Å². The Hall–Kier alpha value is -2.33. The van der Waals surface area contributed by atoms with Crippen molar-refractivity contribution in [3.63, 3.8) is 0 Å². The van der Waals surface area contributed by atoms with Gasteiger partial charge in [-0.05, 0) is 62.5 Å². The molecule has 2 bridgehead atoms. The molecule has 4 heteroatoms. The Morgan fingerprint density at radius 1 is 1.08 bits per heavy atom. The number of hydrogen-bond donors (Lipinski definition) is 0. The maximum Gasteiger partial charge on any atom is 0.213 e. The van der Waals surface area contributed by atoms with E-state index in [0.717, 1.165) is 28.0 Å². The van der Waals surface area contributed by atoms with Crippen molar-refractivity contribution in [2.24, 2.45) is 5.92 Å². The van der Waals surface area contributed by atoms with Crippen LogP contribution >= 0.6 is 0 Å². The normalized spacial score (nSPS) is 28.4. The van der Waals surface area contributed by atoms with Gasteiger partial charge >= 0.3 is 0 Å². The summed E-state index contributed by atoms with van der Waals surface area (Å²) in [5.41, 5.74) is 3.09. The van der Waals surface area contributed by atoms with Crippen LogP contribution in [0.3, 0.4) is 0 Å². The van der Waals surface area contributed by atoms with E-state index in [1.807, 2.05) is 18.3 Å². The Balaban J connectivity index is 1.36. The number of rotatable bonds is 3. The lowest BCUT2D eigenvalue weighted by Gasteiger charge is -2.49. The van der Waals surface area contributed by atoms with Crippen molar-refractivity contribution in [1.82, 2.24) is 9.88 Å². The van der Waals surface area contributed by atoms with Crippen LogP contribution in [0.5, 0.6) is 5.88 Å². The van der Waals surface area contributed by atoms with Crippen molar-refractivity contribution in [2.45, 2.75) is 31.9 Å². The summed E-state index contributed by atoms with van der Waals surface area (Å²) in [6, 6.07) is 12.8. The lowest BCUT2D eigenvalue weighted by atomic mass is 9.81. The lowest BCUT2D eigenvalue weighted by Crippen LogP contribution is -2.58. The minimum atomic E-state index is 0.264. The number of furan rings is 1. The summed E-state index contributed by atoms with van der Waals surface area (Å²) in [7, 11) is 0. The maximum atomic E-state index is 6.28. The van der Waals surface area contributed by atoms with Crippen LogP contribution in [-0.2, 0) is 0 Å². The lowest BCUT2D eigenvalue weighted by molar-refractivity contribution is -0.0525. The molecule has 0 aliphatic carbocycles. The van der Waals surface area contributed by atoms with Gasteiger partial charge in [-0.25, -0.2) is 4.98 Å². The fraction of sp³-hybridized carbons (Fsp3) is 0.381. The molecule has 3 aromatic rings. The molecule has 4 nitrogen and oxygen atoms in total. The molecule has 1 aromatic carbocycles. The number of pyridine rings is 1. The van der Waals surface area contributed by atoms with E-state index < -0.39 is 0 Å². The van der Waals surface area contributed by atoms with Gasteiger partial charge in [0.2, 0.25) is 5.88 Å². The topological polar surface area (TPSA) is 38.5 Å². The molecule has 2 aromatic heterocycles. The fourth-order valence-corrected chi connectivity index (χ4v) is 4.35. The second kappa shape index (κ2) is 5.88. The first-order valence-electron chi connectivity index (χ1n) is 9.12. The number of piperidine rings is 3. The minimum Gasteiger partial charge on any atom is -0.472 e. The molecule has 0 amide bonds.